The van der Waals surface area contributed by atoms with E-state index in [0.717, 1.165) is 34.0 Å². The maximum Gasteiger partial charge on any atom is 0.418 e. The van der Waals surface area contributed by atoms with E-state index < -0.39 is 23.6 Å². The Morgan fingerprint density at radius 3 is 2.44 bits per heavy atom. The number of hydrogen-bond donors (Lipinski definition) is 2. The van der Waals surface area contributed by atoms with Crippen LogP contribution in [0.25, 0.3) is 22.0 Å². The first-order valence-electron chi connectivity index (χ1n) is 10.8. The normalized spacial score (nSPS) is 12.5. The standard InChI is InChI=1S/C27H23F3N2O2/c1-16-14-32-25-22(7-4-8-23(25)27(28,29)30)24(16)20-5-3-6-21(13-20)31-15-18-9-11-19(12-10-18)17(2)26(33)34/h3-14,17,31H,15H2,1-2H3,(H,33,34). The predicted molar refractivity (Wildman–Crippen MR) is 127 cm³/mol. The number of benzene rings is 3. The summed E-state index contributed by atoms with van der Waals surface area (Å²) in [7, 11) is 0. The van der Waals surface area contributed by atoms with Crippen LogP contribution in [-0.4, -0.2) is 16.1 Å². The first kappa shape index (κ1) is 23.3. The van der Waals surface area contributed by atoms with E-state index in [-0.39, 0.29) is 5.52 Å². The van der Waals surface area contributed by atoms with Gasteiger partial charge in [-0.1, -0.05) is 48.5 Å². The molecule has 34 heavy (non-hydrogen) atoms. The topological polar surface area (TPSA) is 62.2 Å². The van der Waals surface area contributed by atoms with Gasteiger partial charge in [-0.3, -0.25) is 9.78 Å². The first-order chi connectivity index (χ1) is 16.1. The van der Waals surface area contributed by atoms with Crippen LogP contribution in [-0.2, 0) is 17.5 Å². The summed E-state index contributed by atoms with van der Waals surface area (Å²) in [6.45, 7) is 3.99. The van der Waals surface area contributed by atoms with Gasteiger partial charge in [0.05, 0.1) is 17.0 Å². The number of carbonyl (C=O) groups is 1. The lowest BCUT2D eigenvalue weighted by molar-refractivity contribution is -0.138. The zero-order valence-electron chi connectivity index (χ0n) is 18.6. The number of alkyl halides is 3. The third kappa shape index (κ3) is 4.73. The maximum absolute atomic E-state index is 13.5. The molecule has 1 unspecified atom stereocenters. The number of aromatic nitrogens is 1. The molecule has 4 rings (SSSR count). The van der Waals surface area contributed by atoms with E-state index in [4.69, 9.17) is 5.11 Å². The Balaban J connectivity index is 1.62. The summed E-state index contributed by atoms with van der Waals surface area (Å²) in [5.41, 5.74) is 4.00. The number of pyridine rings is 1. The Kier molecular flexibility index (Phi) is 6.28. The molecular weight excluding hydrogens is 441 g/mol. The summed E-state index contributed by atoms with van der Waals surface area (Å²) in [6.07, 6.45) is -3.01. The van der Waals surface area contributed by atoms with E-state index in [2.05, 4.69) is 10.3 Å². The molecule has 174 valence electrons. The van der Waals surface area contributed by atoms with E-state index in [9.17, 15) is 18.0 Å². The van der Waals surface area contributed by atoms with Gasteiger partial charge >= 0.3 is 12.1 Å². The fourth-order valence-corrected chi connectivity index (χ4v) is 3.99. The summed E-state index contributed by atoms with van der Waals surface area (Å²) in [5.74, 6) is -1.45. The molecule has 7 heteroatoms. The molecule has 0 amide bonds. The number of aliphatic carboxylic acids is 1. The summed E-state index contributed by atoms with van der Waals surface area (Å²) in [6, 6.07) is 19.0. The van der Waals surface area contributed by atoms with Crippen LogP contribution in [0, 0.1) is 6.92 Å². The molecule has 0 fully saturated rings. The third-order valence-electron chi connectivity index (χ3n) is 5.89. The van der Waals surface area contributed by atoms with Gasteiger partial charge in [0, 0.05) is 23.8 Å². The molecule has 2 N–H and O–H groups in total. The van der Waals surface area contributed by atoms with Crippen LogP contribution in [0.3, 0.4) is 0 Å². The number of para-hydroxylation sites is 1. The number of fused-ring (bicyclic) bond motifs is 1. The van der Waals surface area contributed by atoms with Crippen LogP contribution < -0.4 is 5.32 Å². The van der Waals surface area contributed by atoms with Crippen LogP contribution in [0.5, 0.6) is 0 Å². The van der Waals surface area contributed by atoms with Crippen molar-refractivity contribution < 1.29 is 23.1 Å². The number of halogens is 3. The van der Waals surface area contributed by atoms with Crippen LogP contribution in [0.2, 0.25) is 0 Å². The Bertz CT molecular complexity index is 1350. The van der Waals surface area contributed by atoms with Crippen molar-refractivity contribution in [3.8, 4) is 11.1 Å². The fourth-order valence-electron chi connectivity index (χ4n) is 3.99. The zero-order chi connectivity index (χ0) is 24.5. The second-order valence-corrected chi connectivity index (χ2v) is 8.25. The summed E-state index contributed by atoms with van der Waals surface area (Å²) in [4.78, 5) is 15.2. The highest BCUT2D eigenvalue weighted by Gasteiger charge is 2.33. The molecule has 0 aliphatic heterocycles. The van der Waals surface area contributed by atoms with Crippen LogP contribution in [0.15, 0.2) is 72.9 Å². The summed E-state index contributed by atoms with van der Waals surface area (Å²) < 4.78 is 40.5. The van der Waals surface area contributed by atoms with Crippen LogP contribution >= 0.6 is 0 Å². The van der Waals surface area contributed by atoms with E-state index >= 15 is 0 Å². The van der Waals surface area contributed by atoms with Crippen molar-refractivity contribution in [1.82, 2.24) is 4.98 Å². The molecule has 4 nitrogen and oxygen atoms in total. The lowest BCUT2D eigenvalue weighted by Crippen LogP contribution is -2.07. The number of nitrogens with zero attached hydrogens (tertiary/aromatic N) is 1. The maximum atomic E-state index is 13.5. The Hall–Kier alpha value is -3.87. The molecule has 0 saturated carbocycles. The van der Waals surface area contributed by atoms with Gasteiger partial charge in [-0.15, -0.1) is 0 Å². The van der Waals surface area contributed by atoms with Gasteiger partial charge in [-0.2, -0.15) is 13.2 Å². The highest BCUT2D eigenvalue weighted by molar-refractivity contribution is 5.98. The van der Waals surface area contributed by atoms with Gasteiger partial charge in [0.2, 0.25) is 0 Å². The lowest BCUT2D eigenvalue weighted by Gasteiger charge is -2.15. The number of hydrogen-bond acceptors (Lipinski definition) is 3. The third-order valence-corrected chi connectivity index (χ3v) is 5.89. The Morgan fingerprint density at radius 1 is 1.06 bits per heavy atom. The molecule has 3 aromatic carbocycles. The molecule has 0 saturated heterocycles. The minimum absolute atomic E-state index is 0.0651. The number of carboxylic acids is 1. The van der Waals surface area contributed by atoms with E-state index in [1.807, 2.05) is 43.3 Å². The van der Waals surface area contributed by atoms with Gasteiger partial charge < -0.3 is 10.4 Å². The number of rotatable bonds is 6. The predicted octanol–water partition coefficient (Wildman–Crippen LogP) is 7.03. The average Bonchev–Trinajstić information content (AvgIpc) is 2.81. The van der Waals surface area contributed by atoms with E-state index in [1.165, 1.54) is 12.3 Å². The Labute approximate surface area is 195 Å². The molecule has 1 atom stereocenters. The van der Waals surface area contributed by atoms with Crippen molar-refractivity contribution in [3.05, 3.63) is 95.2 Å². The van der Waals surface area contributed by atoms with Gasteiger partial charge in [0.15, 0.2) is 0 Å². The zero-order valence-corrected chi connectivity index (χ0v) is 18.6. The molecule has 0 bridgehead atoms. The van der Waals surface area contributed by atoms with Crippen molar-refractivity contribution in [3.63, 3.8) is 0 Å². The van der Waals surface area contributed by atoms with Crippen molar-refractivity contribution in [1.29, 1.82) is 0 Å². The van der Waals surface area contributed by atoms with Gasteiger partial charge in [-0.05, 0) is 59.9 Å². The smallest absolute Gasteiger partial charge is 0.418 e. The molecule has 0 spiro atoms. The first-order valence-corrected chi connectivity index (χ1v) is 10.8. The number of aryl methyl sites for hydroxylation is 1. The lowest BCUT2D eigenvalue weighted by atomic mass is 9.95. The summed E-state index contributed by atoms with van der Waals surface area (Å²) in [5, 5.41) is 12.9. The van der Waals surface area contributed by atoms with E-state index in [0.29, 0.717) is 17.5 Å². The van der Waals surface area contributed by atoms with Gasteiger partial charge in [0.1, 0.15) is 0 Å². The average molecular weight is 464 g/mol. The second kappa shape index (κ2) is 9.17. The van der Waals surface area contributed by atoms with Gasteiger partial charge in [0.25, 0.3) is 0 Å². The van der Waals surface area contributed by atoms with Crippen LogP contribution in [0.4, 0.5) is 18.9 Å². The van der Waals surface area contributed by atoms with Crippen molar-refractivity contribution in [2.24, 2.45) is 0 Å². The highest BCUT2D eigenvalue weighted by Crippen LogP contribution is 2.38. The molecular formula is C27H23F3N2O2. The monoisotopic (exact) mass is 464 g/mol. The van der Waals surface area contributed by atoms with Crippen molar-refractivity contribution in [2.45, 2.75) is 32.5 Å². The minimum atomic E-state index is -4.49. The quantitative estimate of drug-likeness (QED) is 0.322. The highest BCUT2D eigenvalue weighted by atomic mass is 19.4. The molecule has 0 aliphatic carbocycles. The summed E-state index contributed by atoms with van der Waals surface area (Å²) >= 11 is 0. The van der Waals surface area contributed by atoms with Crippen molar-refractivity contribution >= 4 is 22.6 Å². The second-order valence-electron chi connectivity index (χ2n) is 8.25. The minimum Gasteiger partial charge on any atom is -0.481 e. The fraction of sp³-hybridized carbons (Fsp3) is 0.185. The number of carboxylic acid groups (broad SMARTS) is 1. The SMILES string of the molecule is Cc1cnc2c(C(F)(F)F)cccc2c1-c1cccc(NCc2ccc(C(C)C(=O)O)cc2)c1. The molecule has 0 aliphatic rings. The molecule has 0 radical (unpaired) electrons. The molecule has 1 aromatic heterocycles. The number of anilines is 1. The molecule has 1 heterocycles. The Morgan fingerprint density at radius 2 is 1.76 bits per heavy atom. The van der Waals surface area contributed by atoms with Crippen LogP contribution in [0.1, 0.15) is 35.1 Å². The van der Waals surface area contributed by atoms with Crippen molar-refractivity contribution in [2.75, 3.05) is 5.32 Å². The van der Waals surface area contributed by atoms with E-state index in [1.54, 1.807) is 25.1 Å². The largest absolute Gasteiger partial charge is 0.481 e. The van der Waals surface area contributed by atoms with Gasteiger partial charge in [-0.25, -0.2) is 0 Å². The number of nitrogens with one attached hydrogen (secondary N) is 1. The molecule has 4 aromatic rings.